The fraction of sp³-hybridized carbons (Fsp3) is 0.500. The Labute approximate surface area is 109 Å². The molecule has 0 spiro atoms. The molecular weight excluding hydrogens is 258 g/mol. The van der Waals surface area contributed by atoms with Crippen LogP contribution in [0.5, 0.6) is 0 Å². The van der Waals surface area contributed by atoms with E-state index < -0.39 is 0 Å². The summed E-state index contributed by atoms with van der Waals surface area (Å²) in [6.07, 6.45) is 0. The van der Waals surface area contributed by atoms with Gasteiger partial charge in [0.05, 0.1) is 23.0 Å². The molecule has 0 unspecified atom stereocenters. The molecule has 0 saturated heterocycles. The van der Waals surface area contributed by atoms with Gasteiger partial charge in [0, 0.05) is 18.1 Å². The predicted octanol–water partition coefficient (Wildman–Crippen LogP) is 2.48. The maximum Gasteiger partial charge on any atom is 0.135 e. The highest BCUT2D eigenvalue weighted by Crippen LogP contribution is 2.22. The lowest BCUT2D eigenvalue weighted by molar-refractivity contribution is 0.646. The van der Waals surface area contributed by atoms with Crippen molar-refractivity contribution in [2.75, 3.05) is 11.9 Å². The molecule has 5 nitrogen and oxygen atoms in total. The van der Waals surface area contributed by atoms with Crippen molar-refractivity contribution >= 4 is 28.1 Å². The van der Waals surface area contributed by atoms with Gasteiger partial charge in [0.15, 0.2) is 0 Å². The van der Waals surface area contributed by atoms with Crippen LogP contribution in [0.2, 0.25) is 5.02 Å². The zero-order valence-electron chi connectivity index (χ0n) is 9.99. The van der Waals surface area contributed by atoms with E-state index in [4.69, 9.17) is 11.6 Å². The van der Waals surface area contributed by atoms with Crippen LogP contribution < -0.4 is 5.32 Å². The van der Waals surface area contributed by atoms with Crippen molar-refractivity contribution in [3.63, 3.8) is 0 Å². The Morgan fingerprint density at radius 2 is 2.18 bits per heavy atom. The van der Waals surface area contributed by atoms with Crippen molar-refractivity contribution in [2.45, 2.75) is 27.3 Å². The average molecular weight is 272 g/mol. The zero-order chi connectivity index (χ0) is 12.4. The van der Waals surface area contributed by atoms with Crippen LogP contribution in [-0.4, -0.2) is 25.9 Å². The van der Waals surface area contributed by atoms with Crippen LogP contribution in [0.4, 0.5) is 5.00 Å². The Bertz CT molecular complexity index is 519. The van der Waals surface area contributed by atoms with Crippen LogP contribution in [0.1, 0.15) is 24.0 Å². The number of aromatic nitrogens is 4. The van der Waals surface area contributed by atoms with E-state index in [1.807, 2.05) is 25.5 Å². The number of anilines is 1. The lowest BCUT2D eigenvalue weighted by atomic mass is 10.4. The molecule has 2 aromatic rings. The summed E-state index contributed by atoms with van der Waals surface area (Å²) in [5, 5.41) is 13.4. The molecule has 0 saturated carbocycles. The van der Waals surface area contributed by atoms with Crippen molar-refractivity contribution in [3.05, 3.63) is 22.1 Å². The molecule has 0 atom stereocenters. The van der Waals surface area contributed by atoms with Crippen molar-refractivity contribution in [1.82, 2.24) is 19.4 Å². The molecule has 17 heavy (non-hydrogen) atoms. The van der Waals surface area contributed by atoms with Crippen LogP contribution in [-0.2, 0) is 6.54 Å². The summed E-state index contributed by atoms with van der Waals surface area (Å²) in [7, 11) is 0. The Balaban J connectivity index is 2.25. The lowest BCUT2D eigenvalue weighted by Crippen LogP contribution is -2.07. The Morgan fingerprint density at radius 3 is 2.76 bits per heavy atom. The third-order valence-corrected chi connectivity index (χ3v) is 3.76. The van der Waals surface area contributed by atoms with E-state index in [1.54, 1.807) is 0 Å². The molecule has 2 rings (SSSR count). The van der Waals surface area contributed by atoms with Gasteiger partial charge in [-0.1, -0.05) is 16.1 Å². The van der Waals surface area contributed by atoms with Gasteiger partial charge in [-0.05, 0) is 20.8 Å². The number of hydrogen-bond acceptors (Lipinski definition) is 5. The molecule has 0 aromatic carbocycles. The number of aryl methyl sites for hydroxylation is 1. The van der Waals surface area contributed by atoms with Gasteiger partial charge in [0.1, 0.15) is 10.7 Å². The third kappa shape index (κ3) is 2.42. The highest BCUT2D eigenvalue weighted by Gasteiger charge is 2.13. The first kappa shape index (κ1) is 12.3. The maximum absolute atomic E-state index is 6.11. The van der Waals surface area contributed by atoms with Crippen molar-refractivity contribution < 1.29 is 0 Å². The largest absolute Gasteiger partial charge is 0.374 e. The van der Waals surface area contributed by atoms with Gasteiger partial charge in [-0.2, -0.15) is 5.10 Å². The summed E-state index contributed by atoms with van der Waals surface area (Å²) >= 11 is 7.47. The summed E-state index contributed by atoms with van der Waals surface area (Å²) in [6.45, 7) is 7.35. The average Bonchev–Trinajstić information content (AvgIpc) is 2.82. The van der Waals surface area contributed by atoms with Crippen molar-refractivity contribution in [1.29, 1.82) is 0 Å². The maximum atomic E-state index is 6.11. The van der Waals surface area contributed by atoms with Gasteiger partial charge >= 0.3 is 0 Å². The van der Waals surface area contributed by atoms with Crippen molar-refractivity contribution in [3.8, 4) is 0 Å². The second kappa shape index (κ2) is 5.01. The standard InChI is InChI=1S/C10H14ClN5S/c1-4-12-10-8(13-15-17-10)5-16-7(3)9(11)6(2)14-16/h12H,4-5H2,1-3H3. The van der Waals surface area contributed by atoms with Crippen molar-refractivity contribution in [2.24, 2.45) is 0 Å². The first-order valence-corrected chi connectivity index (χ1v) is 6.53. The van der Waals surface area contributed by atoms with Crippen LogP contribution in [0, 0.1) is 13.8 Å². The Kier molecular flexibility index (Phi) is 3.63. The fourth-order valence-electron chi connectivity index (χ4n) is 1.58. The normalized spacial score (nSPS) is 10.8. The number of rotatable bonds is 4. The Morgan fingerprint density at radius 1 is 1.41 bits per heavy atom. The molecule has 0 aliphatic heterocycles. The van der Waals surface area contributed by atoms with Gasteiger partial charge in [0.2, 0.25) is 0 Å². The van der Waals surface area contributed by atoms with E-state index in [1.165, 1.54) is 11.5 Å². The molecule has 0 amide bonds. The molecule has 7 heteroatoms. The summed E-state index contributed by atoms with van der Waals surface area (Å²) in [6, 6.07) is 0. The second-order valence-electron chi connectivity index (χ2n) is 3.72. The quantitative estimate of drug-likeness (QED) is 0.928. The minimum atomic E-state index is 0.595. The third-order valence-electron chi connectivity index (χ3n) is 2.49. The molecule has 0 aliphatic rings. The number of halogens is 1. The van der Waals surface area contributed by atoms with Crippen LogP contribution >= 0.6 is 23.1 Å². The molecule has 0 aliphatic carbocycles. The van der Waals surface area contributed by atoms with E-state index >= 15 is 0 Å². The molecule has 0 fully saturated rings. The van der Waals surface area contributed by atoms with E-state index in [-0.39, 0.29) is 0 Å². The molecule has 2 heterocycles. The van der Waals surface area contributed by atoms with E-state index in [0.29, 0.717) is 6.54 Å². The highest BCUT2D eigenvalue weighted by atomic mass is 35.5. The first-order valence-electron chi connectivity index (χ1n) is 5.38. The second-order valence-corrected chi connectivity index (χ2v) is 4.85. The van der Waals surface area contributed by atoms with Crippen LogP contribution in [0.25, 0.3) is 0 Å². The zero-order valence-corrected chi connectivity index (χ0v) is 11.6. The van der Waals surface area contributed by atoms with E-state index in [2.05, 4.69) is 20.0 Å². The minimum Gasteiger partial charge on any atom is -0.374 e. The number of nitrogens with zero attached hydrogens (tertiary/aromatic N) is 4. The van der Waals surface area contributed by atoms with E-state index in [0.717, 1.165) is 33.7 Å². The van der Waals surface area contributed by atoms with Gasteiger partial charge in [-0.25, -0.2) is 0 Å². The highest BCUT2D eigenvalue weighted by molar-refractivity contribution is 7.10. The number of hydrogen-bond donors (Lipinski definition) is 1. The van der Waals surface area contributed by atoms with Gasteiger partial charge in [0.25, 0.3) is 0 Å². The number of nitrogens with one attached hydrogen (secondary N) is 1. The molecule has 0 bridgehead atoms. The van der Waals surface area contributed by atoms with Gasteiger partial charge in [-0.15, -0.1) is 5.10 Å². The monoisotopic (exact) mass is 271 g/mol. The first-order chi connectivity index (χ1) is 8.13. The summed E-state index contributed by atoms with van der Waals surface area (Å²) in [4.78, 5) is 0. The van der Waals surface area contributed by atoms with E-state index in [9.17, 15) is 0 Å². The minimum absolute atomic E-state index is 0.595. The van der Waals surface area contributed by atoms with Crippen LogP contribution in [0.15, 0.2) is 0 Å². The molecular formula is C10H14ClN5S. The predicted molar refractivity (Wildman–Crippen MR) is 69.9 cm³/mol. The summed E-state index contributed by atoms with van der Waals surface area (Å²) < 4.78 is 5.81. The lowest BCUT2D eigenvalue weighted by Gasteiger charge is -2.04. The summed E-state index contributed by atoms with van der Waals surface area (Å²) in [5.41, 5.74) is 2.70. The fourth-order valence-corrected chi connectivity index (χ4v) is 2.35. The molecule has 2 aromatic heterocycles. The smallest absolute Gasteiger partial charge is 0.135 e. The topological polar surface area (TPSA) is 55.6 Å². The SMILES string of the molecule is CCNc1snnc1Cn1nc(C)c(Cl)c1C. The molecule has 92 valence electrons. The molecule has 1 N–H and O–H groups in total. The Hall–Kier alpha value is -1.14. The van der Waals surface area contributed by atoms with Crippen LogP contribution in [0.3, 0.4) is 0 Å². The van der Waals surface area contributed by atoms with Gasteiger partial charge < -0.3 is 5.32 Å². The summed E-state index contributed by atoms with van der Waals surface area (Å²) in [5.74, 6) is 0. The molecule has 0 radical (unpaired) electrons. The van der Waals surface area contributed by atoms with Gasteiger partial charge in [-0.3, -0.25) is 4.68 Å².